The summed E-state index contributed by atoms with van der Waals surface area (Å²) in [4.78, 5) is 0. The molecule has 1 fully saturated rings. The largest absolute Gasteiger partial charge is 0.497 e. The van der Waals surface area contributed by atoms with Gasteiger partial charge in [-0.2, -0.15) is 0 Å². The number of rotatable bonds is 4. The van der Waals surface area contributed by atoms with Gasteiger partial charge in [0, 0.05) is 9.80 Å². The highest BCUT2D eigenvalue weighted by Crippen LogP contribution is 2.46. The molecule has 0 N–H and O–H groups in total. The maximum Gasteiger partial charge on any atom is 0.119 e. The third-order valence-electron chi connectivity index (χ3n) is 3.52. The summed E-state index contributed by atoms with van der Waals surface area (Å²) in [7, 11) is 1.72. The molecule has 3 heteroatoms. The zero-order chi connectivity index (χ0) is 11.6. The van der Waals surface area contributed by atoms with Crippen molar-refractivity contribution >= 4 is 31.9 Å². The minimum Gasteiger partial charge on any atom is -0.497 e. The number of alkyl halides is 1. The van der Waals surface area contributed by atoms with Crippen molar-refractivity contribution in [3.63, 3.8) is 0 Å². The van der Waals surface area contributed by atoms with E-state index in [4.69, 9.17) is 4.74 Å². The first-order chi connectivity index (χ1) is 7.69. The molecule has 1 aliphatic rings. The van der Waals surface area contributed by atoms with E-state index in [1.165, 1.54) is 29.3 Å². The summed E-state index contributed by atoms with van der Waals surface area (Å²) in [5.74, 6) is 0.947. The molecule has 0 aromatic heterocycles. The third-order valence-corrected chi connectivity index (χ3v) is 5.48. The molecule has 0 aliphatic heterocycles. The molecule has 1 aromatic rings. The zero-order valence-electron chi connectivity index (χ0n) is 9.43. The van der Waals surface area contributed by atoms with Crippen LogP contribution in [0.4, 0.5) is 0 Å². The molecule has 0 saturated heterocycles. The van der Waals surface area contributed by atoms with Crippen molar-refractivity contribution in [2.75, 3.05) is 12.4 Å². The number of ether oxygens (including phenoxy) is 1. The van der Waals surface area contributed by atoms with Gasteiger partial charge in [-0.25, -0.2) is 0 Å². The lowest BCUT2D eigenvalue weighted by atomic mass is 9.67. The highest BCUT2D eigenvalue weighted by atomic mass is 79.9. The second-order valence-corrected chi connectivity index (χ2v) is 6.04. The van der Waals surface area contributed by atoms with Crippen LogP contribution in [-0.4, -0.2) is 12.4 Å². The lowest BCUT2D eigenvalue weighted by Crippen LogP contribution is -2.33. The van der Waals surface area contributed by atoms with Crippen molar-refractivity contribution in [3.05, 3.63) is 28.2 Å². The molecule has 0 heterocycles. The Morgan fingerprint density at radius 3 is 2.62 bits per heavy atom. The normalized spacial score (nSPS) is 17.9. The van der Waals surface area contributed by atoms with E-state index in [1.807, 2.05) is 6.07 Å². The van der Waals surface area contributed by atoms with Crippen LogP contribution < -0.4 is 4.74 Å². The molecule has 88 valence electrons. The van der Waals surface area contributed by atoms with Crippen molar-refractivity contribution in [2.45, 2.75) is 25.7 Å². The number of hydrogen-bond donors (Lipinski definition) is 0. The van der Waals surface area contributed by atoms with E-state index in [0.717, 1.165) is 17.5 Å². The SMILES string of the molecule is COc1ccc(Br)c(CC2(CBr)CCC2)c1. The van der Waals surface area contributed by atoms with Crippen molar-refractivity contribution in [1.82, 2.24) is 0 Å². The van der Waals surface area contributed by atoms with E-state index in [0.29, 0.717) is 5.41 Å². The molecule has 1 aliphatic carbocycles. The van der Waals surface area contributed by atoms with Crippen LogP contribution in [-0.2, 0) is 6.42 Å². The smallest absolute Gasteiger partial charge is 0.119 e. The average molecular weight is 348 g/mol. The van der Waals surface area contributed by atoms with E-state index in [9.17, 15) is 0 Å². The second-order valence-electron chi connectivity index (χ2n) is 4.62. The topological polar surface area (TPSA) is 9.23 Å². The Hall–Kier alpha value is -0.0200. The van der Waals surface area contributed by atoms with Crippen LogP contribution in [0.15, 0.2) is 22.7 Å². The Morgan fingerprint density at radius 1 is 1.38 bits per heavy atom. The highest BCUT2D eigenvalue weighted by Gasteiger charge is 2.36. The third kappa shape index (κ3) is 2.45. The summed E-state index contributed by atoms with van der Waals surface area (Å²) < 4.78 is 6.47. The molecule has 2 rings (SSSR count). The minimum atomic E-state index is 0.481. The van der Waals surface area contributed by atoms with Crippen molar-refractivity contribution in [2.24, 2.45) is 5.41 Å². The van der Waals surface area contributed by atoms with Crippen LogP contribution in [0.25, 0.3) is 0 Å². The molecule has 0 radical (unpaired) electrons. The summed E-state index contributed by atoms with van der Waals surface area (Å²) in [6.07, 6.45) is 5.17. The summed E-state index contributed by atoms with van der Waals surface area (Å²) in [6, 6.07) is 6.22. The van der Waals surface area contributed by atoms with Crippen LogP contribution in [0.5, 0.6) is 5.75 Å². The van der Waals surface area contributed by atoms with Gasteiger partial charge in [0.15, 0.2) is 0 Å². The quantitative estimate of drug-likeness (QED) is 0.725. The fraction of sp³-hybridized carbons (Fsp3) is 0.538. The zero-order valence-corrected chi connectivity index (χ0v) is 12.6. The van der Waals surface area contributed by atoms with Crippen LogP contribution >= 0.6 is 31.9 Å². The van der Waals surface area contributed by atoms with Gasteiger partial charge < -0.3 is 4.74 Å². The molecule has 16 heavy (non-hydrogen) atoms. The molecule has 0 bridgehead atoms. The molecule has 0 unspecified atom stereocenters. The van der Waals surface area contributed by atoms with Crippen LogP contribution in [0, 0.1) is 5.41 Å². The van der Waals surface area contributed by atoms with Gasteiger partial charge in [-0.1, -0.05) is 38.3 Å². The van der Waals surface area contributed by atoms with Gasteiger partial charge in [0.05, 0.1) is 7.11 Å². The predicted octanol–water partition coefficient (Wildman–Crippen LogP) is 4.57. The first-order valence-electron chi connectivity index (χ1n) is 5.57. The Kier molecular flexibility index (Phi) is 3.96. The number of methoxy groups -OCH3 is 1. The van der Waals surface area contributed by atoms with Crippen LogP contribution in [0.1, 0.15) is 24.8 Å². The molecular weight excluding hydrogens is 332 g/mol. The van der Waals surface area contributed by atoms with E-state index < -0.39 is 0 Å². The number of hydrogen-bond acceptors (Lipinski definition) is 1. The lowest BCUT2D eigenvalue weighted by Gasteiger charge is -2.41. The van der Waals surface area contributed by atoms with E-state index in [-0.39, 0.29) is 0 Å². The average Bonchev–Trinajstić information content (AvgIpc) is 2.26. The fourth-order valence-corrected chi connectivity index (χ4v) is 3.40. The van der Waals surface area contributed by atoms with Crippen LogP contribution in [0.2, 0.25) is 0 Å². The minimum absolute atomic E-state index is 0.481. The highest BCUT2D eigenvalue weighted by molar-refractivity contribution is 9.10. The second kappa shape index (κ2) is 5.09. The maximum absolute atomic E-state index is 5.28. The standard InChI is InChI=1S/C13H16Br2O/c1-16-11-3-4-12(15)10(7-11)8-13(9-14)5-2-6-13/h3-4,7H,2,5-6,8-9H2,1H3. The molecule has 1 aromatic carbocycles. The van der Waals surface area contributed by atoms with Gasteiger partial charge in [0.1, 0.15) is 5.75 Å². The fourth-order valence-electron chi connectivity index (χ4n) is 2.25. The lowest BCUT2D eigenvalue weighted by molar-refractivity contribution is 0.169. The molecule has 0 spiro atoms. The Morgan fingerprint density at radius 2 is 2.12 bits per heavy atom. The Labute approximate surface area is 114 Å². The van der Waals surface area contributed by atoms with Crippen molar-refractivity contribution < 1.29 is 4.74 Å². The van der Waals surface area contributed by atoms with Gasteiger partial charge in [0.2, 0.25) is 0 Å². The molecule has 0 amide bonds. The van der Waals surface area contributed by atoms with Gasteiger partial charge in [-0.15, -0.1) is 0 Å². The van der Waals surface area contributed by atoms with Crippen molar-refractivity contribution in [1.29, 1.82) is 0 Å². The van der Waals surface area contributed by atoms with E-state index in [2.05, 4.69) is 44.0 Å². The van der Waals surface area contributed by atoms with Gasteiger partial charge >= 0.3 is 0 Å². The monoisotopic (exact) mass is 346 g/mol. The van der Waals surface area contributed by atoms with Crippen molar-refractivity contribution in [3.8, 4) is 5.75 Å². The number of benzene rings is 1. The first-order valence-corrected chi connectivity index (χ1v) is 7.49. The maximum atomic E-state index is 5.28. The van der Waals surface area contributed by atoms with Crippen LogP contribution in [0.3, 0.4) is 0 Å². The summed E-state index contributed by atoms with van der Waals surface area (Å²) in [6.45, 7) is 0. The number of halogens is 2. The van der Waals surface area contributed by atoms with Gasteiger partial charge in [-0.3, -0.25) is 0 Å². The molecule has 0 atom stereocenters. The summed E-state index contributed by atoms with van der Waals surface area (Å²) >= 11 is 7.28. The molecule has 1 nitrogen and oxygen atoms in total. The van der Waals surface area contributed by atoms with E-state index >= 15 is 0 Å². The summed E-state index contributed by atoms with van der Waals surface area (Å²) in [5, 5.41) is 1.10. The summed E-state index contributed by atoms with van der Waals surface area (Å²) in [5.41, 5.74) is 1.84. The molecule has 1 saturated carbocycles. The Balaban J connectivity index is 2.19. The first kappa shape index (κ1) is 12.4. The van der Waals surface area contributed by atoms with E-state index in [1.54, 1.807) is 7.11 Å². The van der Waals surface area contributed by atoms with Gasteiger partial charge in [0.25, 0.3) is 0 Å². The Bertz CT molecular complexity index is 367. The predicted molar refractivity (Wildman–Crippen MR) is 74.5 cm³/mol. The molecular formula is C13H16Br2O. The van der Waals surface area contributed by atoms with Gasteiger partial charge in [-0.05, 0) is 48.4 Å².